The van der Waals surface area contributed by atoms with Gasteiger partial charge in [0.2, 0.25) is 0 Å². The van der Waals surface area contributed by atoms with Crippen molar-refractivity contribution >= 4 is 17.0 Å². The van der Waals surface area contributed by atoms with Crippen molar-refractivity contribution in [2.45, 2.75) is 0 Å². The van der Waals surface area contributed by atoms with Crippen LogP contribution in [0.2, 0.25) is 0 Å². The maximum atomic E-state index is 10.6. The van der Waals surface area contributed by atoms with Crippen LogP contribution in [-0.4, -0.2) is 15.0 Å². The number of benzene rings is 2. The summed E-state index contributed by atoms with van der Waals surface area (Å²) >= 11 is 1.42. The lowest BCUT2D eigenvalue weighted by Crippen LogP contribution is -1.87. The number of aromatic nitrogens is 1. The molecule has 0 bridgehead atoms. The van der Waals surface area contributed by atoms with Crippen LogP contribution in [0.4, 0.5) is 5.69 Å². The minimum Gasteiger partial charge on any atom is -0.507 e. The van der Waals surface area contributed by atoms with Gasteiger partial charge in [0.25, 0.3) is 5.69 Å². The lowest BCUT2D eigenvalue weighted by molar-refractivity contribution is -0.384. The third-order valence-corrected chi connectivity index (χ3v) is 3.89. The Hall–Kier alpha value is -2.73. The Morgan fingerprint density at radius 3 is 2.48 bits per heavy atom. The van der Waals surface area contributed by atoms with Crippen LogP contribution < -0.4 is 0 Å². The van der Waals surface area contributed by atoms with Crippen molar-refractivity contribution in [2.24, 2.45) is 0 Å². The van der Waals surface area contributed by atoms with Crippen LogP contribution in [0.5, 0.6) is 5.75 Å². The molecule has 0 aliphatic carbocycles. The van der Waals surface area contributed by atoms with E-state index in [-0.39, 0.29) is 11.4 Å². The van der Waals surface area contributed by atoms with E-state index in [0.717, 1.165) is 11.3 Å². The molecule has 3 rings (SSSR count). The number of nitro groups is 1. The standard InChI is InChI=1S/C15H10N2O3S/c18-14-4-2-1-3-12(14)15-16-13(9-21-15)10-5-7-11(8-6-10)17(19)20/h1-9,18H. The summed E-state index contributed by atoms with van der Waals surface area (Å²) in [6, 6.07) is 13.2. The molecule has 0 atom stereocenters. The molecule has 1 aromatic heterocycles. The first-order valence-electron chi connectivity index (χ1n) is 6.14. The smallest absolute Gasteiger partial charge is 0.269 e. The number of nitrogens with zero attached hydrogens (tertiary/aromatic N) is 2. The Morgan fingerprint density at radius 1 is 1.10 bits per heavy atom. The van der Waals surface area contributed by atoms with Gasteiger partial charge in [-0.1, -0.05) is 12.1 Å². The van der Waals surface area contributed by atoms with E-state index in [1.165, 1.54) is 23.5 Å². The lowest BCUT2D eigenvalue weighted by atomic mass is 10.1. The fourth-order valence-corrected chi connectivity index (χ4v) is 2.80. The first-order chi connectivity index (χ1) is 10.1. The normalized spacial score (nSPS) is 10.5. The van der Waals surface area contributed by atoms with Crippen LogP contribution in [0.15, 0.2) is 53.9 Å². The highest BCUT2D eigenvalue weighted by molar-refractivity contribution is 7.13. The Kier molecular flexibility index (Phi) is 3.37. The number of phenolic OH excluding ortho intramolecular Hbond substituents is 1. The van der Waals surface area contributed by atoms with Crippen molar-refractivity contribution in [3.05, 3.63) is 64.0 Å². The van der Waals surface area contributed by atoms with Gasteiger partial charge in [-0.05, 0) is 24.3 Å². The van der Waals surface area contributed by atoms with E-state index in [1.54, 1.807) is 30.3 Å². The predicted octanol–water partition coefficient (Wildman–Crippen LogP) is 4.09. The van der Waals surface area contributed by atoms with Crippen LogP contribution in [0, 0.1) is 10.1 Å². The van der Waals surface area contributed by atoms with Gasteiger partial charge in [0, 0.05) is 23.1 Å². The number of rotatable bonds is 3. The molecule has 104 valence electrons. The third-order valence-electron chi connectivity index (χ3n) is 3.01. The molecule has 0 saturated heterocycles. The summed E-state index contributed by atoms with van der Waals surface area (Å²) in [6.07, 6.45) is 0. The summed E-state index contributed by atoms with van der Waals surface area (Å²) in [5.41, 5.74) is 2.26. The van der Waals surface area contributed by atoms with Crippen LogP contribution in [0.1, 0.15) is 0 Å². The van der Waals surface area contributed by atoms with Gasteiger partial charge in [0.15, 0.2) is 0 Å². The number of non-ortho nitro benzene ring substituents is 1. The fraction of sp³-hybridized carbons (Fsp3) is 0. The quantitative estimate of drug-likeness (QED) is 0.583. The molecule has 5 nitrogen and oxygen atoms in total. The Balaban J connectivity index is 1.95. The van der Waals surface area contributed by atoms with Crippen LogP contribution >= 0.6 is 11.3 Å². The molecule has 0 fully saturated rings. The van der Waals surface area contributed by atoms with Crippen molar-refractivity contribution in [3.63, 3.8) is 0 Å². The van der Waals surface area contributed by atoms with Gasteiger partial charge in [-0.25, -0.2) is 4.98 Å². The molecule has 0 saturated carbocycles. The highest BCUT2D eigenvalue weighted by Gasteiger charge is 2.11. The minimum atomic E-state index is -0.432. The van der Waals surface area contributed by atoms with Gasteiger partial charge >= 0.3 is 0 Å². The average Bonchev–Trinajstić information content (AvgIpc) is 2.97. The molecule has 2 aromatic carbocycles. The highest BCUT2D eigenvalue weighted by Crippen LogP contribution is 2.34. The zero-order chi connectivity index (χ0) is 14.8. The summed E-state index contributed by atoms with van der Waals surface area (Å²) in [4.78, 5) is 14.7. The van der Waals surface area contributed by atoms with Crippen molar-refractivity contribution in [2.75, 3.05) is 0 Å². The molecular weight excluding hydrogens is 288 g/mol. The average molecular weight is 298 g/mol. The number of para-hydroxylation sites is 1. The first kappa shape index (κ1) is 13.3. The Bertz CT molecular complexity index is 797. The van der Waals surface area contributed by atoms with E-state index in [2.05, 4.69) is 4.98 Å². The Morgan fingerprint density at radius 2 is 1.81 bits per heavy atom. The second-order valence-electron chi connectivity index (χ2n) is 4.36. The molecule has 0 unspecified atom stereocenters. The summed E-state index contributed by atoms with van der Waals surface area (Å²) in [7, 11) is 0. The highest BCUT2D eigenvalue weighted by atomic mass is 32.1. The molecule has 6 heteroatoms. The molecule has 21 heavy (non-hydrogen) atoms. The van der Waals surface area contributed by atoms with Gasteiger partial charge < -0.3 is 5.11 Å². The summed E-state index contributed by atoms with van der Waals surface area (Å²) in [5, 5.41) is 23.0. The van der Waals surface area contributed by atoms with E-state index in [9.17, 15) is 15.2 Å². The monoisotopic (exact) mass is 298 g/mol. The van der Waals surface area contributed by atoms with E-state index in [1.807, 2.05) is 11.4 Å². The third kappa shape index (κ3) is 2.61. The lowest BCUT2D eigenvalue weighted by Gasteiger charge is -1.99. The largest absolute Gasteiger partial charge is 0.507 e. The van der Waals surface area contributed by atoms with E-state index in [0.29, 0.717) is 10.6 Å². The summed E-state index contributed by atoms with van der Waals surface area (Å²) < 4.78 is 0. The number of phenols is 1. The maximum absolute atomic E-state index is 10.6. The molecule has 0 aliphatic rings. The molecule has 1 heterocycles. The molecular formula is C15H10N2O3S. The Labute approximate surface area is 124 Å². The van der Waals surface area contributed by atoms with Gasteiger partial charge in [-0.2, -0.15) is 0 Å². The number of thiazole rings is 1. The van der Waals surface area contributed by atoms with E-state index >= 15 is 0 Å². The molecule has 1 N–H and O–H groups in total. The van der Waals surface area contributed by atoms with Gasteiger partial charge in [0.1, 0.15) is 10.8 Å². The second-order valence-corrected chi connectivity index (χ2v) is 5.22. The van der Waals surface area contributed by atoms with E-state index in [4.69, 9.17) is 0 Å². The predicted molar refractivity (Wildman–Crippen MR) is 81.3 cm³/mol. The topological polar surface area (TPSA) is 76.3 Å². The second kappa shape index (κ2) is 5.34. The summed E-state index contributed by atoms with van der Waals surface area (Å²) in [5.74, 6) is 0.182. The van der Waals surface area contributed by atoms with Crippen LogP contribution in [0.25, 0.3) is 21.8 Å². The summed E-state index contributed by atoms with van der Waals surface area (Å²) in [6.45, 7) is 0. The fourth-order valence-electron chi connectivity index (χ4n) is 1.94. The number of hydrogen-bond donors (Lipinski definition) is 1. The zero-order valence-corrected chi connectivity index (χ0v) is 11.6. The number of aromatic hydroxyl groups is 1. The molecule has 3 aromatic rings. The number of hydrogen-bond acceptors (Lipinski definition) is 5. The zero-order valence-electron chi connectivity index (χ0n) is 10.8. The number of nitro benzene ring substituents is 1. The van der Waals surface area contributed by atoms with Gasteiger partial charge in [0.05, 0.1) is 16.2 Å². The molecule has 0 aliphatic heterocycles. The van der Waals surface area contributed by atoms with Crippen molar-refractivity contribution < 1.29 is 10.0 Å². The maximum Gasteiger partial charge on any atom is 0.269 e. The van der Waals surface area contributed by atoms with Crippen molar-refractivity contribution in [1.82, 2.24) is 4.98 Å². The molecule has 0 spiro atoms. The SMILES string of the molecule is O=[N+]([O-])c1ccc(-c2csc(-c3ccccc3O)n2)cc1. The van der Waals surface area contributed by atoms with Gasteiger partial charge in [-0.3, -0.25) is 10.1 Å². The van der Waals surface area contributed by atoms with E-state index < -0.39 is 4.92 Å². The molecule has 0 radical (unpaired) electrons. The minimum absolute atomic E-state index is 0.0508. The first-order valence-corrected chi connectivity index (χ1v) is 7.02. The van der Waals surface area contributed by atoms with Gasteiger partial charge in [-0.15, -0.1) is 11.3 Å². The molecule has 0 amide bonds. The van der Waals surface area contributed by atoms with Crippen LogP contribution in [-0.2, 0) is 0 Å². The van der Waals surface area contributed by atoms with Crippen LogP contribution in [0.3, 0.4) is 0 Å². The van der Waals surface area contributed by atoms with Crippen molar-refractivity contribution in [1.29, 1.82) is 0 Å². The van der Waals surface area contributed by atoms with Crippen molar-refractivity contribution in [3.8, 4) is 27.6 Å².